The van der Waals surface area contributed by atoms with Crippen molar-refractivity contribution in [1.29, 1.82) is 0 Å². The quantitative estimate of drug-likeness (QED) is 0.692. The molecule has 10 heteroatoms. The standard InChI is InChI=1S/C17H14F3NO5S/c18-17(19,20)26-15-10-12(7-9-16(22)23)6-8-14(15)21-27(24,25)11-13-4-2-1-3-5-13/h1-10,21H,11H2,(H,22,23). The van der Waals surface area contributed by atoms with Crippen LogP contribution in [-0.4, -0.2) is 25.9 Å². The number of carboxylic acid groups (broad SMARTS) is 1. The van der Waals surface area contributed by atoms with Crippen LogP contribution in [0.25, 0.3) is 6.08 Å². The van der Waals surface area contributed by atoms with Gasteiger partial charge in [0, 0.05) is 6.08 Å². The number of carbonyl (C=O) groups is 1. The molecule has 0 spiro atoms. The number of ether oxygens (including phenoxy) is 1. The Balaban J connectivity index is 2.32. The van der Waals surface area contributed by atoms with Crippen molar-refractivity contribution in [2.45, 2.75) is 12.1 Å². The number of anilines is 1. The van der Waals surface area contributed by atoms with Crippen LogP contribution >= 0.6 is 0 Å². The topological polar surface area (TPSA) is 92.7 Å². The predicted octanol–water partition coefficient (Wildman–Crippen LogP) is 3.62. The zero-order chi connectivity index (χ0) is 20.1. The van der Waals surface area contributed by atoms with Crippen molar-refractivity contribution in [2.75, 3.05) is 4.72 Å². The van der Waals surface area contributed by atoms with Gasteiger partial charge in [0.05, 0.1) is 11.4 Å². The summed E-state index contributed by atoms with van der Waals surface area (Å²) < 4.78 is 68.3. The molecule has 0 unspecified atom stereocenters. The van der Waals surface area contributed by atoms with Crippen molar-refractivity contribution in [2.24, 2.45) is 0 Å². The molecular formula is C17H14F3NO5S. The van der Waals surface area contributed by atoms with Gasteiger partial charge in [-0.3, -0.25) is 4.72 Å². The van der Waals surface area contributed by atoms with Crippen molar-refractivity contribution < 1.29 is 36.2 Å². The minimum absolute atomic E-state index is 0.0858. The molecule has 27 heavy (non-hydrogen) atoms. The maximum atomic E-state index is 12.6. The molecule has 0 bridgehead atoms. The Kier molecular flexibility index (Phi) is 6.11. The van der Waals surface area contributed by atoms with Gasteiger partial charge in [-0.05, 0) is 29.3 Å². The highest BCUT2D eigenvalue weighted by atomic mass is 32.2. The van der Waals surface area contributed by atoms with Crippen molar-refractivity contribution >= 4 is 27.8 Å². The highest BCUT2D eigenvalue weighted by molar-refractivity contribution is 7.91. The summed E-state index contributed by atoms with van der Waals surface area (Å²) in [5, 5.41) is 8.59. The molecule has 2 aromatic rings. The van der Waals surface area contributed by atoms with Crippen molar-refractivity contribution in [3.05, 3.63) is 65.7 Å². The highest BCUT2D eigenvalue weighted by Gasteiger charge is 2.32. The summed E-state index contributed by atoms with van der Waals surface area (Å²) in [5.41, 5.74) is 0.114. The summed E-state index contributed by atoms with van der Waals surface area (Å²) in [6.07, 6.45) is -3.28. The van der Waals surface area contributed by atoms with E-state index in [1.807, 2.05) is 0 Å². The average Bonchev–Trinajstić information content (AvgIpc) is 2.54. The Morgan fingerprint density at radius 1 is 1.15 bits per heavy atom. The van der Waals surface area contributed by atoms with E-state index >= 15 is 0 Å². The fourth-order valence-electron chi connectivity index (χ4n) is 2.10. The number of sulfonamides is 1. The molecule has 0 saturated heterocycles. The number of hydrogen-bond acceptors (Lipinski definition) is 4. The lowest BCUT2D eigenvalue weighted by Gasteiger charge is -2.15. The molecule has 6 nitrogen and oxygen atoms in total. The first-order chi connectivity index (χ1) is 12.5. The smallest absolute Gasteiger partial charge is 0.478 e. The number of carboxylic acids is 1. The van der Waals surface area contributed by atoms with E-state index in [9.17, 15) is 26.4 Å². The van der Waals surface area contributed by atoms with Gasteiger partial charge in [0.15, 0.2) is 5.75 Å². The molecule has 0 fully saturated rings. The lowest BCUT2D eigenvalue weighted by atomic mass is 10.2. The Morgan fingerprint density at radius 3 is 2.41 bits per heavy atom. The molecule has 2 rings (SSSR count). The van der Waals surface area contributed by atoms with E-state index in [1.54, 1.807) is 30.3 Å². The van der Waals surface area contributed by atoms with E-state index in [0.29, 0.717) is 5.56 Å². The zero-order valence-corrected chi connectivity index (χ0v) is 14.4. The fourth-order valence-corrected chi connectivity index (χ4v) is 3.31. The van der Waals surface area contributed by atoms with Crippen LogP contribution in [0.15, 0.2) is 54.6 Å². The van der Waals surface area contributed by atoms with Crippen LogP contribution in [0, 0.1) is 0 Å². The van der Waals surface area contributed by atoms with E-state index < -0.39 is 39.5 Å². The second-order valence-corrected chi connectivity index (χ2v) is 7.04. The summed E-state index contributed by atoms with van der Waals surface area (Å²) in [7, 11) is -4.01. The molecule has 0 atom stereocenters. The first kappa shape index (κ1) is 20.3. The number of alkyl halides is 3. The number of benzene rings is 2. The maximum absolute atomic E-state index is 12.6. The molecule has 0 aliphatic carbocycles. The van der Waals surface area contributed by atoms with Crippen LogP contribution in [0.2, 0.25) is 0 Å². The van der Waals surface area contributed by atoms with Crippen LogP contribution in [-0.2, 0) is 20.6 Å². The summed E-state index contributed by atoms with van der Waals surface area (Å²) in [5.74, 6) is -2.53. The first-order valence-electron chi connectivity index (χ1n) is 7.39. The number of rotatable bonds is 7. The number of hydrogen-bond donors (Lipinski definition) is 2. The van der Waals surface area contributed by atoms with Crippen LogP contribution in [0.4, 0.5) is 18.9 Å². The molecule has 2 aromatic carbocycles. The summed E-state index contributed by atoms with van der Waals surface area (Å²) in [4.78, 5) is 10.5. The second kappa shape index (κ2) is 8.12. The van der Waals surface area contributed by atoms with Crippen molar-refractivity contribution in [3.63, 3.8) is 0 Å². The fraction of sp³-hybridized carbons (Fsp3) is 0.118. The van der Waals surface area contributed by atoms with Gasteiger partial charge in [-0.2, -0.15) is 0 Å². The minimum atomic E-state index is -5.06. The summed E-state index contributed by atoms with van der Waals surface area (Å²) in [6.45, 7) is 0. The molecule has 0 aliphatic heterocycles. The Labute approximate surface area is 153 Å². The van der Waals surface area contributed by atoms with Crippen LogP contribution in [0.3, 0.4) is 0 Å². The lowest BCUT2D eigenvalue weighted by Crippen LogP contribution is -2.20. The van der Waals surface area contributed by atoms with E-state index in [2.05, 4.69) is 9.46 Å². The van der Waals surface area contributed by atoms with Crippen LogP contribution < -0.4 is 9.46 Å². The van der Waals surface area contributed by atoms with Crippen molar-refractivity contribution in [1.82, 2.24) is 0 Å². The van der Waals surface area contributed by atoms with Gasteiger partial charge in [0.25, 0.3) is 0 Å². The SMILES string of the molecule is O=C(O)C=Cc1ccc(NS(=O)(=O)Cc2ccccc2)c(OC(F)(F)F)c1. The Bertz CT molecular complexity index is 941. The molecule has 0 heterocycles. The van der Waals surface area contributed by atoms with Gasteiger partial charge in [-0.1, -0.05) is 36.4 Å². The largest absolute Gasteiger partial charge is 0.573 e. The number of aliphatic carboxylic acids is 1. The normalized spacial score (nSPS) is 12.1. The molecule has 0 radical (unpaired) electrons. The third-order valence-electron chi connectivity index (χ3n) is 3.11. The van der Waals surface area contributed by atoms with Gasteiger partial charge in [0.2, 0.25) is 10.0 Å². The van der Waals surface area contributed by atoms with Gasteiger partial charge in [0.1, 0.15) is 0 Å². The number of halogens is 3. The monoisotopic (exact) mass is 401 g/mol. The molecule has 0 amide bonds. The van der Waals surface area contributed by atoms with Crippen LogP contribution in [0.1, 0.15) is 11.1 Å². The van der Waals surface area contributed by atoms with Gasteiger partial charge >= 0.3 is 12.3 Å². The lowest BCUT2D eigenvalue weighted by molar-refractivity contribution is -0.274. The molecule has 0 aliphatic rings. The Morgan fingerprint density at radius 2 is 1.81 bits per heavy atom. The molecule has 144 valence electrons. The summed E-state index contributed by atoms with van der Waals surface area (Å²) >= 11 is 0. The summed E-state index contributed by atoms with van der Waals surface area (Å²) in [6, 6.07) is 11.3. The van der Waals surface area contributed by atoms with Gasteiger partial charge in [-0.15, -0.1) is 13.2 Å². The van der Waals surface area contributed by atoms with Gasteiger partial charge in [-0.25, -0.2) is 13.2 Å². The molecule has 0 saturated carbocycles. The predicted molar refractivity (Wildman–Crippen MR) is 92.5 cm³/mol. The number of nitrogens with one attached hydrogen (secondary N) is 1. The molecule has 2 N–H and O–H groups in total. The Hall–Kier alpha value is -3.01. The highest BCUT2D eigenvalue weighted by Crippen LogP contribution is 2.32. The third kappa shape index (κ3) is 7.02. The molecule has 0 aromatic heterocycles. The van der Waals surface area contributed by atoms with E-state index in [0.717, 1.165) is 24.3 Å². The van der Waals surface area contributed by atoms with E-state index in [4.69, 9.17) is 5.11 Å². The molecular weight excluding hydrogens is 387 g/mol. The van der Waals surface area contributed by atoms with Crippen LogP contribution in [0.5, 0.6) is 5.75 Å². The van der Waals surface area contributed by atoms with E-state index in [1.165, 1.54) is 6.07 Å². The third-order valence-corrected chi connectivity index (χ3v) is 4.36. The van der Waals surface area contributed by atoms with Crippen molar-refractivity contribution in [3.8, 4) is 5.75 Å². The maximum Gasteiger partial charge on any atom is 0.573 e. The van der Waals surface area contributed by atoms with E-state index in [-0.39, 0.29) is 5.56 Å². The zero-order valence-electron chi connectivity index (χ0n) is 13.6. The average molecular weight is 401 g/mol. The minimum Gasteiger partial charge on any atom is -0.478 e. The first-order valence-corrected chi connectivity index (χ1v) is 9.04. The second-order valence-electron chi connectivity index (χ2n) is 5.32. The van der Waals surface area contributed by atoms with Gasteiger partial charge < -0.3 is 9.84 Å².